The average molecular weight is 400 g/mol. The lowest BCUT2D eigenvalue weighted by Gasteiger charge is -2.23. The highest BCUT2D eigenvalue weighted by Crippen LogP contribution is 2.25. The number of hydrogen-bond acceptors (Lipinski definition) is 5. The summed E-state index contributed by atoms with van der Waals surface area (Å²) in [7, 11) is 0. The number of fused-ring (bicyclic) bond motifs is 1. The molecule has 7 nitrogen and oxygen atoms in total. The Morgan fingerprint density at radius 2 is 1.87 bits per heavy atom. The summed E-state index contributed by atoms with van der Waals surface area (Å²) < 4.78 is 0. The van der Waals surface area contributed by atoms with Gasteiger partial charge in [-0.05, 0) is 61.8 Å². The van der Waals surface area contributed by atoms with Crippen molar-refractivity contribution in [3.63, 3.8) is 0 Å². The van der Waals surface area contributed by atoms with Gasteiger partial charge in [-0.15, -0.1) is 0 Å². The van der Waals surface area contributed by atoms with E-state index < -0.39 is 0 Å². The van der Waals surface area contributed by atoms with Crippen LogP contribution in [-0.2, 0) is 6.54 Å². The maximum Gasteiger partial charge on any atom is 0.273 e. The van der Waals surface area contributed by atoms with E-state index in [1.165, 1.54) is 18.4 Å². The SMILES string of the molecule is O=c1[nH]nc(-c2ccncc2)cc1-c1cc2ccc(CNC3CCNCC3)cc2[nH]1. The van der Waals surface area contributed by atoms with Gasteiger partial charge in [-0.25, -0.2) is 5.10 Å². The van der Waals surface area contributed by atoms with Gasteiger partial charge in [0.2, 0.25) is 0 Å². The Morgan fingerprint density at radius 3 is 2.70 bits per heavy atom. The fraction of sp³-hybridized carbons (Fsp3) is 0.261. The van der Waals surface area contributed by atoms with Gasteiger partial charge < -0.3 is 15.6 Å². The van der Waals surface area contributed by atoms with Gasteiger partial charge in [0.1, 0.15) is 0 Å². The highest BCUT2D eigenvalue weighted by Gasteiger charge is 2.13. The monoisotopic (exact) mass is 400 g/mol. The first kappa shape index (κ1) is 18.7. The molecule has 0 spiro atoms. The number of nitrogens with zero attached hydrogens (tertiary/aromatic N) is 2. The minimum Gasteiger partial charge on any atom is -0.354 e. The molecule has 0 radical (unpaired) electrons. The van der Waals surface area contributed by atoms with Crippen LogP contribution in [0.15, 0.2) is 59.7 Å². The highest BCUT2D eigenvalue weighted by atomic mass is 16.1. The topological polar surface area (TPSA) is 98.5 Å². The number of benzene rings is 1. The van der Waals surface area contributed by atoms with E-state index in [1.807, 2.05) is 24.3 Å². The number of H-pyrrole nitrogens is 2. The van der Waals surface area contributed by atoms with Gasteiger partial charge in [0, 0.05) is 41.4 Å². The Kier molecular flexibility index (Phi) is 5.13. The van der Waals surface area contributed by atoms with E-state index in [1.54, 1.807) is 12.4 Å². The fourth-order valence-corrected chi connectivity index (χ4v) is 3.99. The van der Waals surface area contributed by atoms with Crippen LogP contribution < -0.4 is 16.2 Å². The summed E-state index contributed by atoms with van der Waals surface area (Å²) in [6.45, 7) is 3.01. The lowest BCUT2D eigenvalue weighted by Crippen LogP contribution is -2.39. The van der Waals surface area contributed by atoms with Crippen molar-refractivity contribution in [2.75, 3.05) is 13.1 Å². The number of piperidine rings is 1. The summed E-state index contributed by atoms with van der Waals surface area (Å²) in [6.07, 6.45) is 5.76. The first-order chi connectivity index (χ1) is 14.8. The van der Waals surface area contributed by atoms with Gasteiger partial charge in [-0.2, -0.15) is 5.10 Å². The van der Waals surface area contributed by atoms with E-state index >= 15 is 0 Å². The van der Waals surface area contributed by atoms with Crippen molar-refractivity contribution < 1.29 is 0 Å². The number of hydrogen-bond donors (Lipinski definition) is 4. The Bertz CT molecular complexity index is 1210. The second-order valence-electron chi connectivity index (χ2n) is 7.74. The molecule has 0 unspecified atom stereocenters. The van der Waals surface area contributed by atoms with Gasteiger partial charge in [-0.1, -0.05) is 12.1 Å². The van der Waals surface area contributed by atoms with Crippen molar-refractivity contribution in [2.45, 2.75) is 25.4 Å². The smallest absolute Gasteiger partial charge is 0.273 e. The number of pyridine rings is 1. The molecule has 4 N–H and O–H groups in total. The lowest BCUT2D eigenvalue weighted by atomic mass is 10.1. The summed E-state index contributed by atoms with van der Waals surface area (Å²) in [5.74, 6) is 0. The summed E-state index contributed by atoms with van der Waals surface area (Å²) in [4.78, 5) is 19.9. The average Bonchev–Trinajstić information content (AvgIpc) is 3.22. The normalized spacial score (nSPS) is 14.9. The zero-order valence-electron chi connectivity index (χ0n) is 16.6. The van der Waals surface area contributed by atoms with E-state index in [4.69, 9.17) is 0 Å². The Morgan fingerprint density at radius 1 is 1.03 bits per heavy atom. The molecule has 1 saturated heterocycles. The maximum atomic E-state index is 12.5. The van der Waals surface area contributed by atoms with Crippen LogP contribution in [0.3, 0.4) is 0 Å². The molecule has 4 heterocycles. The summed E-state index contributed by atoms with van der Waals surface area (Å²) in [5.41, 5.74) is 5.01. The number of aromatic amines is 2. The molecular weight excluding hydrogens is 376 g/mol. The van der Waals surface area contributed by atoms with Crippen LogP contribution in [0.5, 0.6) is 0 Å². The molecule has 4 aromatic rings. The predicted octanol–water partition coefficient (Wildman–Crippen LogP) is 2.82. The van der Waals surface area contributed by atoms with Crippen LogP contribution in [0.25, 0.3) is 33.4 Å². The third-order valence-corrected chi connectivity index (χ3v) is 5.69. The first-order valence-electron chi connectivity index (χ1n) is 10.3. The van der Waals surface area contributed by atoms with Crippen LogP contribution in [-0.4, -0.2) is 39.3 Å². The molecule has 0 saturated carbocycles. The van der Waals surface area contributed by atoms with Gasteiger partial charge in [0.15, 0.2) is 0 Å². The molecule has 0 bridgehead atoms. The van der Waals surface area contributed by atoms with Crippen molar-refractivity contribution in [1.82, 2.24) is 30.8 Å². The molecule has 5 rings (SSSR count). The lowest BCUT2D eigenvalue weighted by molar-refractivity contribution is 0.386. The molecule has 0 amide bonds. The summed E-state index contributed by atoms with van der Waals surface area (Å²) >= 11 is 0. The third-order valence-electron chi connectivity index (χ3n) is 5.69. The van der Waals surface area contributed by atoms with Crippen LogP contribution in [0, 0.1) is 0 Å². The molecule has 152 valence electrons. The van der Waals surface area contributed by atoms with E-state index in [9.17, 15) is 4.79 Å². The van der Waals surface area contributed by atoms with Gasteiger partial charge in [-0.3, -0.25) is 9.78 Å². The third kappa shape index (κ3) is 3.90. The zero-order chi connectivity index (χ0) is 20.3. The van der Waals surface area contributed by atoms with Crippen LogP contribution in [0.1, 0.15) is 18.4 Å². The molecule has 7 heteroatoms. The summed E-state index contributed by atoms with van der Waals surface area (Å²) in [6, 6.07) is 14.6. The standard InChI is InChI=1S/C23H24N6O/c30-23-19(13-21(28-29-23)16-3-7-24-8-4-16)22-12-17-2-1-15(11-20(17)27-22)14-26-18-5-9-25-10-6-18/h1-4,7-8,11-13,18,25-27H,5-6,9-10,14H2,(H,29,30). The number of aromatic nitrogens is 4. The van der Waals surface area contributed by atoms with Crippen molar-refractivity contribution in [3.05, 3.63) is 70.8 Å². The maximum absolute atomic E-state index is 12.5. The van der Waals surface area contributed by atoms with E-state index in [0.29, 0.717) is 17.3 Å². The second-order valence-corrected chi connectivity index (χ2v) is 7.74. The Balaban J connectivity index is 1.42. The second kappa shape index (κ2) is 8.22. The molecular formula is C23H24N6O. The van der Waals surface area contributed by atoms with Crippen LogP contribution in [0.4, 0.5) is 0 Å². The zero-order valence-corrected chi connectivity index (χ0v) is 16.6. The molecule has 0 aliphatic carbocycles. The van der Waals surface area contributed by atoms with Crippen molar-refractivity contribution in [2.24, 2.45) is 0 Å². The molecule has 1 fully saturated rings. The molecule has 0 atom stereocenters. The minimum atomic E-state index is -0.216. The van der Waals surface area contributed by atoms with Gasteiger partial charge in [0.25, 0.3) is 5.56 Å². The van der Waals surface area contributed by atoms with Crippen molar-refractivity contribution >= 4 is 10.9 Å². The molecule has 1 aliphatic heterocycles. The Labute approximate surface area is 174 Å². The Hall–Kier alpha value is -3.29. The van der Waals surface area contributed by atoms with Crippen molar-refractivity contribution in [3.8, 4) is 22.5 Å². The van der Waals surface area contributed by atoms with E-state index in [-0.39, 0.29) is 5.56 Å². The highest BCUT2D eigenvalue weighted by molar-refractivity contribution is 5.86. The quantitative estimate of drug-likeness (QED) is 0.413. The van der Waals surface area contributed by atoms with Gasteiger partial charge >= 0.3 is 0 Å². The van der Waals surface area contributed by atoms with Gasteiger partial charge in [0.05, 0.1) is 17.0 Å². The van der Waals surface area contributed by atoms with Crippen LogP contribution in [0.2, 0.25) is 0 Å². The summed E-state index contributed by atoms with van der Waals surface area (Å²) in [5, 5.41) is 14.9. The molecule has 1 aromatic carbocycles. The predicted molar refractivity (Wildman–Crippen MR) is 118 cm³/mol. The van der Waals surface area contributed by atoms with Crippen LogP contribution >= 0.6 is 0 Å². The molecule has 3 aromatic heterocycles. The van der Waals surface area contributed by atoms with E-state index in [2.05, 4.69) is 49.0 Å². The largest absolute Gasteiger partial charge is 0.354 e. The number of nitrogens with one attached hydrogen (secondary N) is 4. The van der Waals surface area contributed by atoms with Crippen molar-refractivity contribution in [1.29, 1.82) is 0 Å². The fourth-order valence-electron chi connectivity index (χ4n) is 3.99. The van der Waals surface area contributed by atoms with E-state index in [0.717, 1.165) is 41.8 Å². The molecule has 30 heavy (non-hydrogen) atoms. The molecule has 1 aliphatic rings. The minimum absolute atomic E-state index is 0.216. The first-order valence-corrected chi connectivity index (χ1v) is 10.3. The number of rotatable bonds is 5.